The van der Waals surface area contributed by atoms with Gasteiger partial charge in [-0.1, -0.05) is 27.2 Å². The molecule has 0 rings (SSSR count). The average Bonchev–Trinajstić information content (AvgIpc) is 2.53. The predicted molar refractivity (Wildman–Crippen MR) is 75.7 cm³/mol. The fraction of sp³-hybridized carbons (Fsp3) is 0.867. The highest BCUT2D eigenvalue weighted by molar-refractivity contribution is 6.00. The fourth-order valence-corrected chi connectivity index (χ4v) is 1.97. The summed E-state index contributed by atoms with van der Waals surface area (Å²) in [5.41, 5.74) is -1.92. The lowest BCUT2D eigenvalue weighted by Gasteiger charge is -2.28. The molecule has 4 nitrogen and oxygen atoms in total. The summed E-state index contributed by atoms with van der Waals surface area (Å²) in [7, 11) is 0. The summed E-state index contributed by atoms with van der Waals surface area (Å²) in [5, 5.41) is 0. The number of alkyl halides is 6. The van der Waals surface area contributed by atoms with Crippen molar-refractivity contribution in [3.63, 3.8) is 0 Å². The van der Waals surface area contributed by atoms with Gasteiger partial charge in [0.1, 0.15) is 0 Å². The standard InChI is InChI=1S/C15H22F6O4/c1-4-7-8-24-11(22)13(5-2,6-3)12(23)25-9-14(17,18)10(16)15(19,20)21/h10H,4-9H2,1-3H3. The van der Waals surface area contributed by atoms with Crippen molar-refractivity contribution >= 4 is 11.9 Å². The third-order valence-corrected chi connectivity index (χ3v) is 3.77. The molecule has 0 saturated heterocycles. The number of unbranched alkanes of at least 4 members (excludes halogenated alkanes) is 1. The Morgan fingerprint density at radius 2 is 1.40 bits per heavy atom. The van der Waals surface area contributed by atoms with Crippen molar-refractivity contribution in [1.82, 2.24) is 0 Å². The van der Waals surface area contributed by atoms with Crippen LogP contribution in [0.3, 0.4) is 0 Å². The molecule has 0 spiro atoms. The van der Waals surface area contributed by atoms with Crippen LogP contribution in [0, 0.1) is 5.41 Å². The highest BCUT2D eigenvalue weighted by atomic mass is 19.4. The molecule has 0 aliphatic rings. The van der Waals surface area contributed by atoms with E-state index < -0.39 is 42.2 Å². The van der Waals surface area contributed by atoms with Gasteiger partial charge in [-0.2, -0.15) is 22.0 Å². The zero-order valence-corrected chi connectivity index (χ0v) is 14.2. The molecule has 1 unspecified atom stereocenters. The molecular formula is C15H22F6O4. The zero-order chi connectivity index (χ0) is 19.9. The van der Waals surface area contributed by atoms with E-state index in [1.54, 1.807) is 0 Å². The van der Waals surface area contributed by atoms with Crippen molar-refractivity contribution in [2.24, 2.45) is 5.41 Å². The molecule has 0 fully saturated rings. The first-order chi connectivity index (χ1) is 11.4. The maximum atomic E-state index is 13.2. The molecule has 0 heterocycles. The Labute approximate surface area is 141 Å². The number of carbonyl (C=O) groups excluding carboxylic acids is 2. The van der Waals surface area contributed by atoms with Crippen molar-refractivity contribution in [3.8, 4) is 0 Å². The topological polar surface area (TPSA) is 52.6 Å². The lowest BCUT2D eigenvalue weighted by molar-refractivity contribution is -0.255. The molecule has 0 aliphatic heterocycles. The number of halogens is 6. The first-order valence-electron chi connectivity index (χ1n) is 7.82. The van der Waals surface area contributed by atoms with Crippen LogP contribution >= 0.6 is 0 Å². The molecule has 0 aromatic rings. The van der Waals surface area contributed by atoms with Crippen molar-refractivity contribution in [1.29, 1.82) is 0 Å². The first-order valence-corrected chi connectivity index (χ1v) is 7.82. The van der Waals surface area contributed by atoms with Crippen LogP contribution in [-0.4, -0.2) is 43.4 Å². The Balaban J connectivity index is 5.10. The lowest BCUT2D eigenvalue weighted by atomic mass is 9.82. The van der Waals surface area contributed by atoms with Gasteiger partial charge >= 0.3 is 24.0 Å². The van der Waals surface area contributed by atoms with Crippen LogP contribution in [0.4, 0.5) is 26.3 Å². The minimum absolute atomic E-state index is 0.00114. The van der Waals surface area contributed by atoms with Gasteiger partial charge in [-0.3, -0.25) is 9.59 Å². The van der Waals surface area contributed by atoms with Crippen molar-refractivity contribution in [2.45, 2.75) is 64.7 Å². The zero-order valence-electron chi connectivity index (χ0n) is 14.2. The van der Waals surface area contributed by atoms with Gasteiger partial charge in [0.25, 0.3) is 6.17 Å². The number of hydrogen-bond acceptors (Lipinski definition) is 4. The Morgan fingerprint density at radius 3 is 1.80 bits per heavy atom. The summed E-state index contributed by atoms with van der Waals surface area (Å²) in [6.07, 6.45) is -9.42. The van der Waals surface area contributed by atoms with E-state index in [1.807, 2.05) is 6.92 Å². The van der Waals surface area contributed by atoms with Gasteiger partial charge in [0.2, 0.25) is 0 Å². The highest BCUT2D eigenvalue weighted by Crippen LogP contribution is 2.36. The maximum absolute atomic E-state index is 13.2. The molecule has 0 bridgehead atoms. The van der Waals surface area contributed by atoms with Gasteiger partial charge in [-0.15, -0.1) is 0 Å². The van der Waals surface area contributed by atoms with E-state index in [9.17, 15) is 35.9 Å². The number of rotatable bonds is 10. The minimum Gasteiger partial charge on any atom is -0.465 e. The molecule has 10 heteroatoms. The van der Waals surface area contributed by atoms with Crippen LogP contribution in [0.2, 0.25) is 0 Å². The predicted octanol–water partition coefficient (Wildman–Crippen LogP) is 4.22. The molecule has 0 aromatic heterocycles. The second-order valence-electron chi connectivity index (χ2n) is 5.52. The van der Waals surface area contributed by atoms with Gasteiger partial charge in [-0.05, 0) is 19.3 Å². The van der Waals surface area contributed by atoms with E-state index in [0.717, 1.165) is 0 Å². The van der Waals surface area contributed by atoms with Crippen LogP contribution in [0.15, 0.2) is 0 Å². The number of ether oxygens (including phenoxy) is 2. The molecule has 1 atom stereocenters. The van der Waals surface area contributed by atoms with Crippen LogP contribution < -0.4 is 0 Å². The molecule has 0 radical (unpaired) electrons. The van der Waals surface area contributed by atoms with E-state index in [4.69, 9.17) is 4.74 Å². The van der Waals surface area contributed by atoms with Gasteiger partial charge < -0.3 is 9.47 Å². The van der Waals surface area contributed by atoms with Gasteiger partial charge in [0.05, 0.1) is 6.61 Å². The molecule has 25 heavy (non-hydrogen) atoms. The molecule has 0 amide bonds. The first kappa shape index (κ1) is 23.5. The third-order valence-electron chi connectivity index (χ3n) is 3.77. The average molecular weight is 380 g/mol. The fourth-order valence-electron chi connectivity index (χ4n) is 1.97. The van der Waals surface area contributed by atoms with Crippen LogP contribution in [-0.2, 0) is 19.1 Å². The van der Waals surface area contributed by atoms with E-state index in [-0.39, 0.29) is 19.4 Å². The highest BCUT2D eigenvalue weighted by Gasteiger charge is 2.58. The SMILES string of the molecule is CCCCOC(=O)C(CC)(CC)C(=O)OCC(F)(F)C(F)C(F)(F)F. The van der Waals surface area contributed by atoms with Crippen molar-refractivity contribution in [3.05, 3.63) is 0 Å². The molecule has 0 aliphatic carbocycles. The van der Waals surface area contributed by atoms with E-state index in [2.05, 4.69) is 4.74 Å². The Morgan fingerprint density at radius 1 is 0.920 bits per heavy atom. The Kier molecular flexibility index (Phi) is 8.73. The number of hydrogen-bond donors (Lipinski definition) is 0. The molecule has 0 saturated carbocycles. The molecule has 0 N–H and O–H groups in total. The van der Waals surface area contributed by atoms with Crippen molar-refractivity contribution in [2.75, 3.05) is 13.2 Å². The van der Waals surface area contributed by atoms with Crippen LogP contribution in [0.1, 0.15) is 46.5 Å². The normalized spacial score (nSPS) is 14.1. The summed E-state index contributed by atoms with van der Waals surface area (Å²) in [6.45, 7) is 2.50. The second-order valence-corrected chi connectivity index (χ2v) is 5.52. The van der Waals surface area contributed by atoms with E-state index in [0.29, 0.717) is 12.8 Å². The summed E-state index contributed by atoms with van der Waals surface area (Å²) < 4.78 is 84.5. The van der Waals surface area contributed by atoms with E-state index >= 15 is 0 Å². The van der Waals surface area contributed by atoms with Crippen LogP contribution in [0.25, 0.3) is 0 Å². The summed E-state index contributed by atoms with van der Waals surface area (Å²) >= 11 is 0. The maximum Gasteiger partial charge on any atom is 0.425 e. The molecule has 0 aromatic carbocycles. The Hall–Kier alpha value is -1.48. The Bertz CT molecular complexity index is 446. The largest absolute Gasteiger partial charge is 0.465 e. The van der Waals surface area contributed by atoms with Gasteiger partial charge in [0, 0.05) is 0 Å². The summed E-state index contributed by atoms with van der Waals surface area (Å²) in [4.78, 5) is 24.2. The lowest BCUT2D eigenvalue weighted by Crippen LogP contribution is -2.47. The molecular weight excluding hydrogens is 358 g/mol. The van der Waals surface area contributed by atoms with Crippen LogP contribution in [0.5, 0.6) is 0 Å². The van der Waals surface area contributed by atoms with Crippen molar-refractivity contribution < 1.29 is 45.4 Å². The number of carbonyl (C=O) groups is 2. The third kappa shape index (κ3) is 6.07. The number of esters is 2. The monoisotopic (exact) mass is 380 g/mol. The smallest absolute Gasteiger partial charge is 0.425 e. The van der Waals surface area contributed by atoms with E-state index in [1.165, 1.54) is 13.8 Å². The summed E-state index contributed by atoms with van der Waals surface area (Å²) in [5.74, 6) is -7.44. The van der Waals surface area contributed by atoms with Gasteiger partial charge in [-0.25, -0.2) is 4.39 Å². The second kappa shape index (κ2) is 9.28. The quantitative estimate of drug-likeness (QED) is 0.247. The summed E-state index contributed by atoms with van der Waals surface area (Å²) in [6, 6.07) is 0. The van der Waals surface area contributed by atoms with Gasteiger partial charge in [0.15, 0.2) is 12.0 Å². The molecule has 148 valence electrons. The minimum atomic E-state index is -5.80.